The summed E-state index contributed by atoms with van der Waals surface area (Å²) in [7, 11) is -2.69. The van der Waals surface area contributed by atoms with E-state index < -0.39 is 40.7 Å². The molecule has 4 rings (SSSR count). The van der Waals surface area contributed by atoms with E-state index in [1.807, 2.05) is 68.4 Å². The Morgan fingerprint density at radius 3 is 2.09 bits per heavy atom. The molecule has 0 aliphatic rings. The molecule has 0 aliphatic heterocycles. The van der Waals surface area contributed by atoms with Crippen molar-refractivity contribution in [2.45, 2.75) is 50.2 Å². The Bertz CT molecular complexity index is 1680. The number of rotatable bonds is 15. The van der Waals surface area contributed by atoms with Crippen LogP contribution in [0.3, 0.4) is 0 Å². The molecule has 1 aromatic heterocycles. The number of carbonyl (C=O) groups excluding carboxylic acids is 2. The Hall–Kier alpha value is -4.03. The van der Waals surface area contributed by atoms with Gasteiger partial charge in [-0.05, 0) is 58.2 Å². The van der Waals surface area contributed by atoms with E-state index in [1.54, 1.807) is 41.8 Å². The van der Waals surface area contributed by atoms with Crippen LogP contribution in [-0.4, -0.2) is 61.0 Å². The van der Waals surface area contributed by atoms with Gasteiger partial charge in [0.1, 0.15) is 6.04 Å². The molecule has 4 aromatic rings. The zero-order valence-electron chi connectivity index (χ0n) is 26.3. The van der Waals surface area contributed by atoms with E-state index in [4.69, 9.17) is 10.5 Å². The van der Waals surface area contributed by atoms with Gasteiger partial charge in [0, 0.05) is 17.8 Å². The van der Waals surface area contributed by atoms with E-state index in [0.717, 1.165) is 16.7 Å². The molecule has 3 aromatic carbocycles. The summed E-state index contributed by atoms with van der Waals surface area (Å²) in [5, 5.41) is 12.3. The van der Waals surface area contributed by atoms with Crippen LogP contribution in [0.2, 0.25) is 0 Å². The fourth-order valence-electron chi connectivity index (χ4n) is 5.20. The molecule has 0 saturated heterocycles. The molecule has 9 nitrogen and oxygen atoms in total. The van der Waals surface area contributed by atoms with E-state index in [2.05, 4.69) is 0 Å². The molecule has 11 heteroatoms. The summed E-state index contributed by atoms with van der Waals surface area (Å²) in [4.78, 5) is 27.8. The molecule has 0 fully saturated rings. The molecular weight excluding hydrogens is 623 g/mol. The average Bonchev–Trinajstić information content (AvgIpc) is 3.53. The maximum absolute atomic E-state index is 13.8. The summed E-state index contributed by atoms with van der Waals surface area (Å²) in [5.41, 5.74) is 9.38. The minimum absolute atomic E-state index is 0.00550. The van der Waals surface area contributed by atoms with Gasteiger partial charge >= 0.3 is 6.09 Å². The number of ether oxygens (including phenoxy) is 1. The van der Waals surface area contributed by atoms with Crippen molar-refractivity contribution < 1.29 is 27.9 Å². The van der Waals surface area contributed by atoms with E-state index >= 15 is 0 Å². The number of primary amides is 1. The highest BCUT2D eigenvalue weighted by Gasteiger charge is 2.34. The summed E-state index contributed by atoms with van der Waals surface area (Å²) >= 11 is 1.28. The van der Waals surface area contributed by atoms with Gasteiger partial charge in [-0.15, -0.1) is 11.3 Å². The lowest BCUT2D eigenvalue weighted by molar-refractivity contribution is -0.122. The van der Waals surface area contributed by atoms with Gasteiger partial charge in [0.05, 0.1) is 31.2 Å². The van der Waals surface area contributed by atoms with Crippen molar-refractivity contribution in [2.75, 3.05) is 20.3 Å². The molecule has 0 saturated carbocycles. The van der Waals surface area contributed by atoms with Crippen LogP contribution in [0, 0.1) is 5.92 Å². The molecule has 0 spiro atoms. The number of carbonyl (C=O) groups is 2. The first kappa shape index (κ1) is 34.8. The monoisotopic (exact) mass is 663 g/mol. The molecule has 0 bridgehead atoms. The van der Waals surface area contributed by atoms with Crippen LogP contribution in [0.5, 0.6) is 0 Å². The van der Waals surface area contributed by atoms with Crippen LogP contribution >= 0.6 is 11.3 Å². The van der Waals surface area contributed by atoms with Crippen LogP contribution in [-0.2, 0) is 32.5 Å². The van der Waals surface area contributed by atoms with Crippen molar-refractivity contribution in [3.05, 3.63) is 112 Å². The highest BCUT2D eigenvalue weighted by molar-refractivity contribution is 7.89. The number of amides is 2. The zero-order chi connectivity index (χ0) is 33.3. The summed E-state index contributed by atoms with van der Waals surface area (Å²) in [6, 6.07) is 25.7. The molecule has 3 N–H and O–H groups in total. The van der Waals surface area contributed by atoms with Gasteiger partial charge in [-0.3, -0.25) is 9.69 Å². The van der Waals surface area contributed by atoms with Crippen molar-refractivity contribution in [3.63, 3.8) is 0 Å². The molecule has 0 radical (unpaired) electrons. The third-order valence-corrected chi connectivity index (χ3v) is 10.8. The summed E-state index contributed by atoms with van der Waals surface area (Å²) in [6.07, 6.45) is 0.0544. The van der Waals surface area contributed by atoms with Crippen LogP contribution in [0.25, 0.3) is 11.1 Å². The summed E-state index contributed by atoms with van der Waals surface area (Å²) < 4.78 is 33.9. The van der Waals surface area contributed by atoms with Crippen LogP contribution in [0.15, 0.2) is 101 Å². The van der Waals surface area contributed by atoms with Gasteiger partial charge in [-0.25, -0.2) is 13.2 Å². The Morgan fingerprint density at radius 1 is 0.913 bits per heavy atom. The Morgan fingerprint density at radius 2 is 1.52 bits per heavy atom. The SMILES string of the molecule is COC(=O)N(Cc1csc(C(CO)N(CCC(C)C)S(=O)(=O)c2ccccc2)c1)[C@@H](Cc1ccc(-c2ccccc2)cc1)C(N)=O. The van der Waals surface area contributed by atoms with E-state index in [0.29, 0.717) is 16.9 Å². The van der Waals surface area contributed by atoms with Crippen molar-refractivity contribution in [2.24, 2.45) is 11.7 Å². The minimum atomic E-state index is -3.93. The van der Waals surface area contributed by atoms with Gasteiger partial charge in [-0.2, -0.15) is 4.31 Å². The van der Waals surface area contributed by atoms with Gasteiger partial charge in [0.2, 0.25) is 15.9 Å². The van der Waals surface area contributed by atoms with Gasteiger partial charge < -0.3 is 15.6 Å². The molecule has 2 atom stereocenters. The van der Waals surface area contributed by atoms with E-state index in [-0.39, 0.29) is 30.3 Å². The number of hydrogen-bond acceptors (Lipinski definition) is 7. The number of nitrogens with zero attached hydrogens (tertiary/aromatic N) is 2. The lowest BCUT2D eigenvalue weighted by atomic mass is 9.99. The number of benzene rings is 3. The Balaban J connectivity index is 1.59. The third-order valence-electron chi connectivity index (χ3n) is 7.76. The molecule has 2 amide bonds. The van der Waals surface area contributed by atoms with Gasteiger partial charge in [-0.1, -0.05) is 86.6 Å². The molecular formula is C35H41N3O6S2. The largest absolute Gasteiger partial charge is 0.453 e. The second kappa shape index (κ2) is 16.0. The topological polar surface area (TPSA) is 130 Å². The number of hydrogen-bond donors (Lipinski definition) is 2. The maximum Gasteiger partial charge on any atom is 0.410 e. The summed E-state index contributed by atoms with van der Waals surface area (Å²) in [6.45, 7) is 3.80. The van der Waals surface area contributed by atoms with Crippen molar-refractivity contribution in [1.82, 2.24) is 9.21 Å². The van der Waals surface area contributed by atoms with Crippen molar-refractivity contribution >= 4 is 33.4 Å². The third kappa shape index (κ3) is 8.61. The lowest BCUT2D eigenvalue weighted by Crippen LogP contribution is -2.48. The first-order valence-electron chi connectivity index (χ1n) is 15.1. The number of thiophene rings is 1. The predicted octanol–water partition coefficient (Wildman–Crippen LogP) is 5.85. The number of aliphatic hydroxyl groups excluding tert-OH is 1. The van der Waals surface area contributed by atoms with E-state index in [1.165, 1.54) is 27.7 Å². The van der Waals surface area contributed by atoms with E-state index in [9.17, 15) is 23.1 Å². The smallest absolute Gasteiger partial charge is 0.410 e. The Labute approximate surface area is 275 Å². The number of sulfonamides is 1. The average molecular weight is 664 g/mol. The number of aliphatic hydroxyl groups is 1. The molecule has 1 heterocycles. The lowest BCUT2D eigenvalue weighted by Gasteiger charge is -2.30. The normalized spacial score (nSPS) is 13.0. The quantitative estimate of drug-likeness (QED) is 0.164. The number of methoxy groups -OCH3 is 1. The standard InChI is InChI=1S/C35H41N3O6S2/c1-25(2)18-19-38(46(42,43)30-12-8-5-9-13-30)32(23-39)33-21-27(24-45-33)22-37(35(41)44-3)31(34(36)40)20-26-14-16-29(17-15-26)28-10-6-4-7-11-28/h4-17,21,24-25,31-32,39H,18-20,22-23H2,1-3H3,(H2,36,40)/t31-,32?/m0/s1. The molecule has 46 heavy (non-hydrogen) atoms. The highest BCUT2D eigenvalue weighted by Crippen LogP contribution is 2.33. The first-order chi connectivity index (χ1) is 22.0. The van der Waals surface area contributed by atoms with Gasteiger partial charge in [0.15, 0.2) is 0 Å². The second-order valence-corrected chi connectivity index (χ2v) is 14.3. The summed E-state index contributed by atoms with van der Waals surface area (Å²) in [5.74, 6) is -0.448. The predicted molar refractivity (Wildman–Crippen MR) is 180 cm³/mol. The van der Waals surface area contributed by atoms with Crippen molar-refractivity contribution in [1.29, 1.82) is 0 Å². The first-order valence-corrected chi connectivity index (χ1v) is 17.4. The zero-order valence-corrected chi connectivity index (χ0v) is 27.9. The maximum atomic E-state index is 13.8. The van der Waals surface area contributed by atoms with Gasteiger partial charge in [0.25, 0.3) is 0 Å². The second-order valence-electron chi connectivity index (χ2n) is 11.5. The Kier molecular flexibility index (Phi) is 12.1. The van der Waals surface area contributed by atoms with Crippen molar-refractivity contribution in [3.8, 4) is 11.1 Å². The van der Waals surface area contributed by atoms with Crippen LogP contribution < -0.4 is 5.73 Å². The molecule has 1 unspecified atom stereocenters. The highest BCUT2D eigenvalue weighted by atomic mass is 32.2. The minimum Gasteiger partial charge on any atom is -0.453 e. The number of nitrogens with two attached hydrogens (primary N) is 1. The molecule has 0 aliphatic carbocycles. The van der Waals surface area contributed by atoms with Crippen LogP contribution in [0.1, 0.15) is 42.3 Å². The fraction of sp³-hybridized carbons (Fsp3) is 0.314. The van der Waals surface area contributed by atoms with Crippen LogP contribution in [0.4, 0.5) is 4.79 Å². The fourth-order valence-corrected chi connectivity index (χ4v) is 7.91. The molecule has 244 valence electrons.